The molecule has 0 spiro atoms. The fourth-order valence-corrected chi connectivity index (χ4v) is 2.21. The second-order valence-electron chi connectivity index (χ2n) is 3.52. The molecule has 2 N–H and O–H groups in total. The van der Waals surface area contributed by atoms with Crippen LogP contribution in [0.2, 0.25) is 0 Å². The highest BCUT2D eigenvalue weighted by atomic mass is 32.1. The van der Waals surface area contributed by atoms with Crippen LogP contribution in [-0.4, -0.2) is 24.0 Å². The van der Waals surface area contributed by atoms with Crippen molar-refractivity contribution >= 4 is 28.9 Å². The number of nitrogens with one attached hydrogen (secondary N) is 2. The number of carbonyl (C=O) groups excluding carboxylic acids is 2. The fourth-order valence-electron chi connectivity index (χ4n) is 1.45. The van der Waals surface area contributed by atoms with Gasteiger partial charge in [-0.25, -0.2) is 4.79 Å². The summed E-state index contributed by atoms with van der Waals surface area (Å²) in [5, 5.41) is 4.16. The molecule has 2 heterocycles. The first-order valence-corrected chi connectivity index (χ1v) is 6.16. The first-order chi connectivity index (χ1) is 9.13. The average Bonchev–Trinajstić information content (AvgIpc) is 2.86. The lowest BCUT2D eigenvalue weighted by molar-refractivity contribution is 0.0607. The van der Waals surface area contributed by atoms with Crippen LogP contribution < -0.4 is 10.9 Å². The third-order valence-corrected chi connectivity index (χ3v) is 3.24. The maximum Gasteiger partial charge on any atom is 0.350 e. The molecular formula is C12H10N2O4S. The van der Waals surface area contributed by atoms with Crippen molar-refractivity contribution in [1.29, 1.82) is 0 Å². The van der Waals surface area contributed by atoms with Gasteiger partial charge in [-0.15, -0.1) is 11.3 Å². The Labute approximate surface area is 112 Å². The van der Waals surface area contributed by atoms with E-state index in [-0.39, 0.29) is 10.4 Å². The number of carbonyl (C=O) groups is 2. The molecule has 0 radical (unpaired) electrons. The van der Waals surface area contributed by atoms with E-state index in [1.54, 1.807) is 17.5 Å². The third-order valence-electron chi connectivity index (χ3n) is 2.35. The molecule has 0 aliphatic carbocycles. The van der Waals surface area contributed by atoms with Crippen molar-refractivity contribution in [2.24, 2.45) is 0 Å². The van der Waals surface area contributed by atoms with Crippen LogP contribution in [0.5, 0.6) is 0 Å². The summed E-state index contributed by atoms with van der Waals surface area (Å²) in [6.07, 6.45) is 1.43. The minimum absolute atomic E-state index is 0.0236. The normalized spacial score (nSPS) is 9.95. The number of pyridine rings is 1. The molecule has 2 aromatic rings. The van der Waals surface area contributed by atoms with Crippen LogP contribution in [0.1, 0.15) is 20.0 Å². The Bertz CT molecular complexity index is 674. The number of aromatic amines is 1. The molecule has 6 nitrogen and oxygen atoms in total. The standard InChI is InChI=1S/C12H10N2O4S/c1-18-12(17)9-8(4-6-19-9)14-11(16)7-3-2-5-13-10(7)15/h2-6H,1H3,(H,13,15)(H,14,16). The van der Waals surface area contributed by atoms with Crippen LogP contribution >= 0.6 is 11.3 Å². The van der Waals surface area contributed by atoms with E-state index in [9.17, 15) is 14.4 Å². The Kier molecular flexibility index (Phi) is 3.76. The quantitative estimate of drug-likeness (QED) is 0.832. The van der Waals surface area contributed by atoms with Crippen LogP contribution in [-0.2, 0) is 4.74 Å². The number of methoxy groups -OCH3 is 1. The Morgan fingerprint density at radius 1 is 1.37 bits per heavy atom. The van der Waals surface area contributed by atoms with E-state index in [0.29, 0.717) is 5.69 Å². The molecule has 0 aliphatic rings. The van der Waals surface area contributed by atoms with Crippen LogP contribution in [0.25, 0.3) is 0 Å². The van der Waals surface area contributed by atoms with Crippen LogP contribution in [0.3, 0.4) is 0 Å². The number of H-pyrrole nitrogens is 1. The lowest BCUT2D eigenvalue weighted by atomic mass is 10.2. The van der Waals surface area contributed by atoms with Crippen LogP contribution in [0.15, 0.2) is 34.6 Å². The van der Waals surface area contributed by atoms with Gasteiger partial charge in [0.15, 0.2) is 0 Å². The summed E-state index contributed by atoms with van der Waals surface area (Å²) >= 11 is 1.15. The van der Waals surface area contributed by atoms with Crippen molar-refractivity contribution in [2.45, 2.75) is 0 Å². The fraction of sp³-hybridized carbons (Fsp3) is 0.0833. The van der Waals surface area contributed by atoms with Gasteiger partial charge in [-0.1, -0.05) is 0 Å². The number of hydrogen-bond donors (Lipinski definition) is 2. The summed E-state index contributed by atoms with van der Waals surface area (Å²) in [4.78, 5) is 37.5. The Morgan fingerprint density at radius 2 is 2.16 bits per heavy atom. The molecule has 2 rings (SSSR count). The number of ether oxygens (including phenoxy) is 1. The van der Waals surface area contributed by atoms with Crippen molar-refractivity contribution in [3.63, 3.8) is 0 Å². The zero-order chi connectivity index (χ0) is 13.8. The molecule has 0 unspecified atom stereocenters. The summed E-state index contributed by atoms with van der Waals surface area (Å²) in [7, 11) is 1.26. The monoisotopic (exact) mass is 278 g/mol. The summed E-state index contributed by atoms with van der Waals surface area (Å²) in [5.41, 5.74) is -0.190. The number of aromatic nitrogens is 1. The average molecular weight is 278 g/mol. The molecule has 1 amide bonds. The molecule has 7 heteroatoms. The molecule has 0 aliphatic heterocycles. The highest BCUT2D eigenvalue weighted by molar-refractivity contribution is 7.12. The first kappa shape index (κ1) is 13.0. The van der Waals surface area contributed by atoms with Crippen molar-refractivity contribution in [3.8, 4) is 0 Å². The summed E-state index contributed by atoms with van der Waals surface area (Å²) in [6, 6.07) is 4.52. The van der Waals surface area contributed by atoms with Crippen molar-refractivity contribution in [3.05, 3.63) is 50.6 Å². The minimum atomic E-state index is -0.578. The first-order valence-electron chi connectivity index (χ1n) is 5.28. The van der Waals surface area contributed by atoms with Crippen LogP contribution in [0, 0.1) is 0 Å². The van der Waals surface area contributed by atoms with E-state index in [0.717, 1.165) is 11.3 Å². The number of thiophene rings is 1. The zero-order valence-corrected chi connectivity index (χ0v) is 10.7. The van der Waals surface area contributed by atoms with Crippen molar-refractivity contribution < 1.29 is 14.3 Å². The molecule has 19 heavy (non-hydrogen) atoms. The van der Waals surface area contributed by atoms with Gasteiger partial charge in [0.2, 0.25) is 0 Å². The highest BCUT2D eigenvalue weighted by Crippen LogP contribution is 2.23. The smallest absolute Gasteiger partial charge is 0.350 e. The molecule has 0 saturated carbocycles. The van der Waals surface area contributed by atoms with E-state index in [1.165, 1.54) is 19.4 Å². The van der Waals surface area contributed by atoms with E-state index in [4.69, 9.17) is 0 Å². The van der Waals surface area contributed by atoms with Gasteiger partial charge in [0.25, 0.3) is 11.5 Å². The molecule has 0 atom stereocenters. The number of hydrogen-bond acceptors (Lipinski definition) is 5. The van der Waals surface area contributed by atoms with E-state index in [2.05, 4.69) is 15.0 Å². The number of rotatable bonds is 3. The maximum atomic E-state index is 11.9. The number of esters is 1. The van der Waals surface area contributed by atoms with E-state index in [1.807, 2.05) is 0 Å². The molecule has 0 saturated heterocycles. The molecular weight excluding hydrogens is 268 g/mol. The summed E-state index contributed by atoms with van der Waals surface area (Å²) < 4.78 is 4.60. The predicted octanol–water partition coefficient (Wildman–Crippen LogP) is 1.48. The van der Waals surface area contributed by atoms with E-state index < -0.39 is 17.4 Å². The van der Waals surface area contributed by atoms with Gasteiger partial charge >= 0.3 is 5.97 Å². The summed E-state index contributed by atoms with van der Waals surface area (Å²) in [5.74, 6) is -1.11. The molecule has 0 aromatic carbocycles. The lowest BCUT2D eigenvalue weighted by Crippen LogP contribution is -2.23. The molecule has 98 valence electrons. The van der Waals surface area contributed by atoms with Gasteiger partial charge in [0, 0.05) is 6.20 Å². The largest absolute Gasteiger partial charge is 0.465 e. The second kappa shape index (κ2) is 5.49. The number of amides is 1. The topological polar surface area (TPSA) is 88.3 Å². The van der Waals surface area contributed by atoms with Crippen molar-refractivity contribution in [1.82, 2.24) is 4.98 Å². The van der Waals surface area contributed by atoms with Gasteiger partial charge in [0.1, 0.15) is 10.4 Å². The van der Waals surface area contributed by atoms with Gasteiger partial charge in [-0.2, -0.15) is 0 Å². The minimum Gasteiger partial charge on any atom is -0.465 e. The van der Waals surface area contributed by atoms with Gasteiger partial charge < -0.3 is 15.0 Å². The van der Waals surface area contributed by atoms with Gasteiger partial charge in [-0.3, -0.25) is 9.59 Å². The van der Waals surface area contributed by atoms with E-state index >= 15 is 0 Å². The molecule has 0 fully saturated rings. The van der Waals surface area contributed by atoms with Gasteiger partial charge in [-0.05, 0) is 23.6 Å². The highest BCUT2D eigenvalue weighted by Gasteiger charge is 2.17. The Balaban J connectivity index is 2.25. The third kappa shape index (κ3) is 2.71. The van der Waals surface area contributed by atoms with Crippen LogP contribution in [0.4, 0.5) is 5.69 Å². The Hall–Kier alpha value is -2.41. The SMILES string of the molecule is COC(=O)c1sccc1NC(=O)c1ccc[nH]c1=O. The molecule has 2 aromatic heterocycles. The second-order valence-corrected chi connectivity index (χ2v) is 4.44. The molecule has 0 bridgehead atoms. The predicted molar refractivity (Wildman–Crippen MR) is 70.7 cm³/mol. The van der Waals surface area contributed by atoms with Crippen molar-refractivity contribution in [2.75, 3.05) is 12.4 Å². The Morgan fingerprint density at radius 3 is 2.84 bits per heavy atom. The van der Waals surface area contributed by atoms with Gasteiger partial charge in [0.05, 0.1) is 12.8 Å². The number of anilines is 1. The maximum absolute atomic E-state index is 11.9. The zero-order valence-electron chi connectivity index (χ0n) is 9.93. The lowest BCUT2D eigenvalue weighted by Gasteiger charge is -2.04. The summed E-state index contributed by atoms with van der Waals surface area (Å²) in [6.45, 7) is 0.